The second-order valence-corrected chi connectivity index (χ2v) is 6.69. The minimum absolute atomic E-state index is 0.300. The van der Waals surface area contributed by atoms with E-state index in [1.165, 1.54) is 5.56 Å². The second-order valence-electron chi connectivity index (χ2n) is 5.58. The lowest BCUT2D eigenvalue weighted by Crippen LogP contribution is -2.22. The Morgan fingerprint density at radius 2 is 2.16 bits per heavy atom. The quantitative estimate of drug-likeness (QED) is 0.793. The van der Waals surface area contributed by atoms with Crippen molar-refractivity contribution in [1.29, 1.82) is 0 Å². The molecule has 19 heavy (non-hydrogen) atoms. The summed E-state index contributed by atoms with van der Waals surface area (Å²) in [6.07, 6.45) is 2.40. The van der Waals surface area contributed by atoms with E-state index >= 15 is 0 Å². The van der Waals surface area contributed by atoms with Crippen LogP contribution >= 0.6 is 8.73 Å². The van der Waals surface area contributed by atoms with Gasteiger partial charge >= 0.3 is 0 Å². The summed E-state index contributed by atoms with van der Waals surface area (Å²) < 4.78 is 2.17. The molecule has 1 aliphatic carbocycles. The first-order valence-electron chi connectivity index (χ1n) is 6.92. The Morgan fingerprint density at radius 1 is 1.42 bits per heavy atom. The van der Waals surface area contributed by atoms with Gasteiger partial charge < -0.3 is 4.67 Å². The van der Waals surface area contributed by atoms with Gasteiger partial charge in [0.15, 0.2) is 0 Å². The summed E-state index contributed by atoms with van der Waals surface area (Å²) >= 11 is 0. The van der Waals surface area contributed by atoms with Crippen LogP contribution in [-0.2, 0) is 4.79 Å². The molecule has 1 aliphatic rings. The largest absolute Gasteiger partial charge is 0.342 e. The van der Waals surface area contributed by atoms with Crippen molar-refractivity contribution in [2.75, 3.05) is 18.4 Å². The van der Waals surface area contributed by atoms with Crippen LogP contribution in [0, 0.1) is 12.8 Å². The number of aryl methyl sites for hydroxylation is 1. The molecule has 1 aromatic rings. The molecule has 1 fully saturated rings. The predicted molar refractivity (Wildman–Crippen MR) is 82.4 cm³/mol. The van der Waals surface area contributed by atoms with Gasteiger partial charge in [0, 0.05) is 31.5 Å². The molecule has 0 radical (unpaired) electrons. The zero-order chi connectivity index (χ0) is 14.0. The fourth-order valence-corrected chi connectivity index (χ4v) is 3.03. The van der Waals surface area contributed by atoms with E-state index in [1.807, 2.05) is 0 Å². The molecule has 0 bridgehead atoms. The van der Waals surface area contributed by atoms with Gasteiger partial charge in [-0.3, -0.25) is 4.79 Å². The summed E-state index contributed by atoms with van der Waals surface area (Å²) in [5.41, 5.74) is 2.33. The van der Waals surface area contributed by atoms with Gasteiger partial charge in [0.05, 0.1) is 0 Å². The number of carbonyl (C=O) groups excluding carboxylic acids is 1. The first-order valence-corrected chi connectivity index (χ1v) is 8.37. The zero-order valence-electron chi connectivity index (χ0n) is 12.2. The summed E-state index contributed by atoms with van der Waals surface area (Å²) in [6.45, 7) is 6.50. The summed E-state index contributed by atoms with van der Waals surface area (Å²) in [6, 6.07) is 4.27. The van der Waals surface area contributed by atoms with Crippen LogP contribution in [-0.4, -0.2) is 24.5 Å². The average molecular weight is 278 g/mol. The monoisotopic (exact) mass is 278 g/mol. The van der Waals surface area contributed by atoms with E-state index in [9.17, 15) is 4.79 Å². The Labute approximate surface area is 117 Å². The Morgan fingerprint density at radius 3 is 2.84 bits per heavy atom. The third-order valence-electron chi connectivity index (χ3n) is 4.05. The smallest absolute Gasteiger partial charge is 0.133 e. The van der Waals surface area contributed by atoms with Gasteiger partial charge in [0.25, 0.3) is 0 Å². The molecule has 104 valence electrons. The average Bonchev–Trinajstić information content (AvgIpc) is 2.39. The Hall–Kier alpha value is -0.950. The molecule has 4 heteroatoms. The summed E-state index contributed by atoms with van der Waals surface area (Å²) in [7, 11) is 2.77. The van der Waals surface area contributed by atoms with Crippen LogP contribution in [0.3, 0.4) is 0 Å². The molecule has 0 spiro atoms. The maximum atomic E-state index is 11.7. The van der Waals surface area contributed by atoms with Crippen molar-refractivity contribution < 1.29 is 4.79 Å². The first-order chi connectivity index (χ1) is 9.01. The SMILES string of the molecule is CPN(C)c1cc(C)cc(C2CC(=O)CCC2C)n1. The van der Waals surface area contributed by atoms with E-state index in [2.05, 4.69) is 44.4 Å². The molecule has 0 N–H and O–H groups in total. The number of hydrogen-bond acceptors (Lipinski definition) is 3. The van der Waals surface area contributed by atoms with Crippen LogP contribution in [0.15, 0.2) is 12.1 Å². The van der Waals surface area contributed by atoms with Gasteiger partial charge in [-0.15, -0.1) is 0 Å². The minimum atomic E-state index is 0.300. The minimum Gasteiger partial charge on any atom is -0.342 e. The van der Waals surface area contributed by atoms with Crippen LogP contribution in [0.1, 0.15) is 43.4 Å². The number of carbonyl (C=O) groups is 1. The lowest BCUT2D eigenvalue weighted by molar-refractivity contribution is -0.121. The number of pyridine rings is 1. The summed E-state index contributed by atoms with van der Waals surface area (Å²) in [5.74, 6) is 2.27. The second kappa shape index (κ2) is 6.00. The molecular formula is C15H23N2OP. The molecule has 0 aliphatic heterocycles. The molecule has 2 rings (SSSR count). The number of aromatic nitrogens is 1. The molecule has 3 nitrogen and oxygen atoms in total. The highest BCUT2D eigenvalue weighted by Gasteiger charge is 2.28. The Balaban J connectivity index is 2.33. The van der Waals surface area contributed by atoms with Crippen molar-refractivity contribution in [3.8, 4) is 0 Å². The van der Waals surface area contributed by atoms with E-state index in [4.69, 9.17) is 4.98 Å². The van der Waals surface area contributed by atoms with Crippen LogP contribution in [0.4, 0.5) is 5.82 Å². The highest BCUT2D eigenvalue weighted by Crippen LogP contribution is 2.36. The topological polar surface area (TPSA) is 33.2 Å². The summed E-state index contributed by atoms with van der Waals surface area (Å²) in [5, 5.41) is 0. The first kappa shape index (κ1) is 14.5. The van der Waals surface area contributed by atoms with Crippen LogP contribution in [0.2, 0.25) is 0 Å². The van der Waals surface area contributed by atoms with Crippen molar-refractivity contribution in [3.05, 3.63) is 23.4 Å². The molecule has 3 unspecified atom stereocenters. The predicted octanol–water partition coefficient (Wildman–Crippen LogP) is 3.52. The van der Waals surface area contributed by atoms with Crippen molar-refractivity contribution >= 4 is 20.3 Å². The fraction of sp³-hybridized carbons (Fsp3) is 0.600. The lowest BCUT2D eigenvalue weighted by atomic mass is 9.77. The Kier molecular flexibility index (Phi) is 4.57. The molecule has 1 aromatic heterocycles. The lowest BCUT2D eigenvalue weighted by Gasteiger charge is -2.28. The van der Waals surface area contributed by atoms with Crippen molar-refractivity contribution in [2.24, 2.45) is 5.92 Å². The zero-order valence-corrected chi connectivity index (χ0v) is 13.2. The van der Waals surface area contributed by atoms with Crippen LogP contribution < -0.4 is 4.67 Å². The normalized spacial score (nSPS) is 24.1. The third kappa shape index (κ3) is 3.33. The van der Waals surface area contributed by atoms with Crippen molar-refractivity contribution in [2.45, 2.75) is 39.0 Å². The van der Waals surface area contributed by atoms with Crippen LogP contribution in [0.25, 0.3) is 0 Å². The highest BCUT2D eigenvalue weighted by molar-refractivity contribution is 7.39. The number of Topliss-reactive ketones (excluding diaryl/α,β-unsaturated/α-hetero) is 1. The van der Waals surface area contributed by atoms with E-state index in [0.29, 0.717) is 32.8 Å². The van der Waals surface area contributed by atoms with Crippen molar-refractivity contribution in [3.63, 3.8) is 0 Å². The van der Waals surface area contributed by atoms with Gasteiger partial charge in [-0.1, -0.05) is 6.92 Å². The molecular weight excluding hydrogens is 255 g/mol. The molecule has 1 heterocycles. The Bertz CT molecular complexity index is 475. The van der Waals surface area contributed by atoms with E-state index in [-0.39, 0.29) is 0 Å². The number of ketones is 1. The maximum absolute atomic E-state index is 11.7. The standard InChI is InChI=1S/C15H23N2OP/c1-10-7-14(16-15(8-10)17(3)19-4)13-9-12(18)6-5-11(13)2/h7-8,11,13,19H,5-6,9H2,1-4H3. The van der Waals surface area contributed by atoms with Crippen molar-refractivity contribution in [1.82, 2.24) is 4.98 Å². The third-order valence-corrected chi connectivity index (χ3v) is 4.95. The van der Waals surface area contributed by atoms with E-state index in [1.54, 1.807) is 0 Å². The van der Waals surface area contributed by atoms with Crippen LogP contribution in [0.5, 0.6) is 0 Å². The van der Waals surface area contributed by atoms with Gasteiger partial charge in [0.1, 0.15) is 11.6 Å². The van der Waals surface area contributed by atoms with E-state index in [0.717, 1.165) is 24.4 Å². The number of anilines is 1. The maximum Gasteiger partial charge on any atom is 0.133 e. The summed E-state index contributed by atoms with van der Waals surface area (Å²) in [4.78, 5) is 16.5. The highest BCUT2D eigenvalue weighted by atomic mass is 31.1. The number of nitrogens with zero attached hydrogens (tertiary/aromatic N) is 2. The van der Waals surface area contributed by atoms with Gasteiger partial charge in [0.2, 0.25) is 0 Å². The molecule has 3 atom stereocenters. The van der Waals surface area contributed by atoms with Gasteiger partial charge in [-0.25, -0.2) is 4.98 Å². The van der Waals surface area contributed by atoms with Gasteiger partial charge in [-0.2, -0.15) is 0 Å². The molecule has 0 saturated heterocycles. The fourth-order valence-electron chi connectivity index (χ4n) is 2.69. The van der Waals surface area contributed by atoms with E-state index < -0.39 is 0 Å². The number of rotatable bonds is 3. The molecule has 0 amide bonds. The molecule has 1 saturated carbocycles. The van der Waals surface area contributed by atoms with Gasteiger partial charge in [-0.05, 0) is 52.4 Å². The molecule has 0 aromatic carbocycles. The number of hydrogen-bond donors (Lipinski definition) is 0.